The second kappa shape index (κ2) is 7.16. The molecule has 5 heteroatoms. The largest absolute Gasteiger partial charge is 0.481 e. The average molecular weight is 255 g/mol. The lowest BCUT2D eigenvalue weighted by Crippen LogP contribution is -2.39. The normalized spacial score (nSPS) is 24.6. The summed E-state index contributed by atoms with van der Waals surface area (Å²) in [6.45, 7) is 2.19. The molecule has 0 fully saturated rings. The van der Waals surface area contributed by atoms with E-state index in [4.69, 9.17) is 10.2 Å². The topological polar surface area (TPSA) is 86.6 Å². The van der Waals surface area contributed by atoms with Crippen LogP contribution in [0.5, 0.6) is 0 Å². The van der Waals surface area contributed by atoms with Gasteiger partial charge in [-0.3, -0.25) is 9.59 Å². The van der Waals surface area contributed by atoms with Crippen LogP contribution in [0.1, 0.15) is 32.6 Å². The van der Waals surface area contributed by atoms with Gasteiger partial charge in [0.25, 0.3) is 0 Å². The zero-order chi connectivity index (χ0) is 13.5. The van der Waals surface area contributed by atoms with Gasteiger partial charge in [-0.1, -0.05) is 12.2 Å². The first-order chi connectivity index (χ1) is 8.52. The number of amides is 1. The van der Waals surface area contributed by atoms with Crippen LogP contribution in [-0.2, 0) is 9.59 Å². The molecular formula is C13H21NO4. The number of allylic oxidation sites excluding steroid dienone is 2. The number of rotatable bonds is 6. The molecule has 1 amide bonds. The van der Waals surface area contributed by atoms with E-state index >= 15 is 0 Å². The summed E-state index contributed by atoms with van der Waals surface area (Å²) in [6.07, 6.45) is 5.54. The minimum absolute atomic E-state index is 0.197. The minimum atomic E-state index is -0.913. The molecule has 0 spiro atoms. The van der Waals surface area contributed by atoms with Crippen molar-refractivity contribution in [2.24, 2.45) is 11.8 Å². The summed E-state index contributed by atoms with van der Waals surface area (Å²) < 4.78 is 0. The number of carbonyl (C=O) groups excluding carboxylic acids is 1. The number of carbonyl (C=O) groups is 2. The van der Waals surface area contributed by atoms with Gasteiger partial charge < -0.3 is 15.5 Å². The number of aliphatic carboxylic acids is 1. The Kier molecular flexibility index (Phi) is 5.85. The maximum Gasteiger partial charge on any atom is 0.307 e. The van der Waals surface area contributed by atoms with Gasteiger partial charge in [0.15, 0.2) is 0 Å². The Bertz CT molecular complexity index is 325. The molecule has 5 nitrogen and oxygen atoms in total. The van der Waals surface area contributed by atoms with Crippen molar-refractivity contribution in [2.45, 2.75) is 38.7 Å². The molecule has 1 aliphatic rings. The highest BCUT2D eigenvalue weighted by Gasteiger charge is 2.33. The number of carboxylic acids is 1. The van der Waals surface area contributed by atoms with Crippen molar-refractivity contribution < 1.29 is 19.8 Å². The highest BCUT2D eigenvalue weighted by Crippen LogP contribution is 2.25. The zero-order valence-corrected chi connectivity index (χ0v) is 10.6. The maximum absolute atomic E-state index is 11.9. The average Bonchev–Trinajstić information content (AvgIpc) is 2.34. The van der Waals surface area contributed by atoms with Gasteiger partial charge in [-0.15, -0.1) is 0 Å². The van der Waals surface area contributed by atoms with Gasteiger partial charge in [0.2, 0.25) is 5.91 Å². The monoisotopic (exact) mass is 255 g/mol. The number of aliphatic hydroxyl groups excluding tert-OH is 1. The number of carboxylic acid groups (broad SMARTS) is 1. The van der Waals surface area contributed by atoms with Gasteiger partial charge in [0.05, 0.1) is 17.9 Å². The summed E-state index contributed by atoms with van der Waals surface area (Å²) in [5.74, 6) is -2.20. The second-order valence-electron chi connectivity index (χ2n) is 4.78. The van der Waals surface area contributed by atoms with Gasteiger partial charge in [-0.2, -0.15) is 0 Å². The summed E-state index contributed by atoms with van der Waals surface area (Å²) in [7, 11) is 0. The smallest absolute Gasteiger partial charge is 0.307 e. The molecule has 3 atom stereocenters. The Morgan fingerprint density at radius 1 is 1.33 bits per heavy atom. The zero-order valence-electron chi connectivity index (χ0n) is 10.6. The predicted molar refractivity (Wildman–Crippen MR) is 66.9 cm³/mol. The van der Waals surface area contributed by atoms with E-state index in [2.05, 4.69) is 5.32 Å². The molecule has 0 bridgehead atoms. The SMILES string of the molecule is CC(O)CCCNC(=O)C1CC=CCC1C(=O)O. The summed E-state index contributed by atoms with van der Waals surface area (Å²) in [4.78, 5) is 22.9. The Morgan fingerprint density at radius 2 is 1.94 bits per heavy atom. The Labute approximate surface area is 107 Å². The van der Waals surface area contributed by atoms with Crippen molar-refractivity contribution in [1.82, 2.24) is 5.32 Å². The van der Waals surface area contributed by atoms with E-state index in [-0.39, 0.29) is 12.0 Å². The van der Waals surface area contributed by atoms with Gasteiger partial charge >= 0.3 is 5.97 Å². The third-order valence-corrected chi connectivity index (χ3v) is 3.18. The molecule has 1 rings (SSSR count). The fraction of sp³-hybridized carbons (Fsp3) is 0.692. The molecule has 1 aliphatic carbocycles. The van der Waals surface area contributed by atoms with Crippen molar-refractivity contribution in [3.63, 3.8) is 0 Å². The number of hydrogen-bond acceptors (Lipinski definition) is 3. The van der Waals surface area contributed by atoms with Crippen LogP contribution in [0.15, 0.2) is 12.2 Å². The van der Waals surface area contributed by atoms with Crippen LogP contribution in [0.4, 0.5) is 0 Å². The molecule has 0 heterocycles. The molecule has 0 aromatic heterocycles. The van der Waals surface area contributed by atoms with Crippen LogP contribution in [-0.4, -0.2) is 34.7 Å². The summed E-state index contributed by atoms with van der Waals surface area (Å²) in [5, 5.41) is 20.9. The third kappa shape index (κ3) is 4.49. The van der Waals surface area contributed by atoms with Gasteiger partial charge in [-0.25, -0.2) is 0 Å². The lowest BCUT2D eigenvalue weighted by atomic mass is 9.82. The van der Waals surface area contributed by atoms with E-state index in [9.17, 15) is 9.59 Å². The number of hydrogen-bond donors (Lipinski definition) is 3. The first-order valence-electron chi connectivity index (χ1n) is 6.36. The lowest BCUT2D eigenvalue weighted by Gasteiger charge is -2.24. The predicted octanol–water partition coefficient (Wildman–Crippen LogP) is 0.931. The van der Waals surface area contributed by atoms with E-state index in [1.165, 1.54) is 0 Å². The van der Waals surface area contributed by atoms with Crippen LogP contribution in [0, 0.1) is 11.8 Å². The molecule has 3 N–H and O–H groups in total. The van der Waals surface area contributed by atoms with Gasteiger partial charge in [0, 0.05) is 6.54 Å². The number of aliphatic hydroxyl groups is 1. The Morgan fingerprint density at radius 3 is 2.50 bits per heavy atom. The lowest BCUT2D eigenvalue weighted by molar-refractivity contribution is -0.147. The molecule has 0 aliphatic heterocycles. The first-order valence-corrected chi connectivity index (χ1v) is 6.36. The summed E-state index contributed by atoms with van der Waals surface area (Å²) in [5.41, 5.74) is 0. The van der Waals surface area contributed by atoms with Crippen LogP contribution < -0.4 is 5.32 Å². The van der Waals surface area contributed by atoms with E-state index in [0.717, 1.165) is 0 Å². The van der Waals surface area contributed by atoms with Crippen molar-refractivity contribution in [2.75, 3.05) is 6.54 Å². The quantitative estimate of drug-likeness (QED) is 0.487. The number of nitrogens with one attached hydrogen (secondary N) is 1. The molecule has 102 valence electrons. The molecule has 0 saturated carbocycles. The fourth-order valence-corrected chi connectivity index (χ4v) is 2.12. The fourth-order valence-electron chi connectivity index (χ4n) is 2.12. The van der Waals surface area contributed by atoms with E-state index < -0.39 is 17.8 Å². The van der Waals surface area contributed by atoms with Crippen molar-refractivity contribution in [3.05, 3.63) is 12.2 Å². The van der Waals surface area contributed by atoms with Crippen LogP contribution in [0.25, 0.3) is 0 Å². The van der Waals surface area contributed by atoms with Gasteiger partial charge in [0.1, 0.15) is 0 Å². The first kappa shape index (κ1) is 14.7. The molecule has 3 unspecified atom stereocenters. The van der Waals surface area contributed by atoms with Crippen LogP contribution >= 0.6 is 0 Å². The van der Waals surface area contributed by atoms with Crippen molar-refractivity contribution in [1.29, 1.82) is 0 Å². The molecule has 0 saturated heterocycles. The van der Waals surface area contributed by atoms with E-state index in [0.29, 0.717) is 32.2 Å². The molecule has 0 aromatic rings. The van der Waals surface area contributed by atoms with Crippen LogP contribution in [0.3, 0.4) is 0 Å². The molecular weight excluding hydrogens is 234 g/mol. The summed E-state index contributed by atoms with van der Waals surface area (Å²) in [6, 6.07) is 0. The van der Waals surface area contributed by atoms with E-state index in [1.54, 1.807) is 6.92 Å². The standard InChI is InChI=1S/C13H21NO4/c1-9(15)5-4-8-14-12(16)10-6-2-3-7-11(10)13(17)18/h2-3,9-11,15H,4-8H2,1H3,(H,14,16)(H,17,18). The maximum atomic E-state index is 11.9. The van der Waals surface area contributed by atoms with E-state index in [1.807, 2.05) is 12.2 Å². The molecule has 0 radical (unpaired) electrons. The summed E-state index contributed by atoms with van der Waals surface area (Å²) >= 11 is 0. The third-order valence-electron chi connectivity index (χ3n) is 3.18. The van der Waals surface area contributed by atoms with Crippen LogP contribution in [0.2, 0.25) is 0 Å². The highest BCUT2D eigenvalue weighted by atomic mass is 16.4. The highest BCUT2D eigenvalue weighted by molar-refractivity contribution is 5.85. The minimum Gasteiger partial charge on any atom is -0.481 e. The van der Waals surface area contributed by atoms with Crippen molar-refractivity contribution in [3.8, 4) is 0 Å². The van der Waals surface area contributed by atoms with Gasteiger partial charge in [-0.05, 0) is 32.6 Å². The molecule has 0 aromatic carbocycles. The Hall–Kier alpha value is -1.36. The van der Waals surface area contributed by atoms with Crippen molar-refractivity contribution >= 4 is 11.9 Å². The second-order valence-corrected chi connectivity index (χ2v) is 4.78. The molecule has 18 heavy (non-hydrogen) atoms. The Balaban J connectivity index is 2.39.